The van der Waals surface area contributed by atoms with Gasteiger partial charge >= 0.3 is 0 Å². The number of carbonyl (C=O) groups is 1. The van der Waals surface area contributed by atoms with Crippen LogP contribution in [-0.2, 0) is 11.3 Å². The fourth-order valence-corrected chi connectivity index (χ4v) is 3.79. The molecule has 0 radical (unpaired) electrons. The summed E-state index contributed by atoms with van der Waals surface area (Å²) in [6.45, 7) is 2.08. The van der Waals surface area contributed by atoms with Gasteiger partial charge in [0, 0.05) is 43.9 Å². The zero-order valence-corrected chi connectivity index (χ0v) is 17.0. The van der Waals surface area contributed by atoms with Crippen LogP contribution in [0.2, 0.25) is 0 Å². The molecule has 28 heavy (non-hydrogen) atoms. The van der Waals surface area contributed by atoms with Crippen molar-refractivity contribution < 1.29 is 9.18 Å². The number of carbonyl (C=O) groups excluding carboxylic acids is 1. The number of benzene rings is 2. The van der Waals surface area contributed by atoms with Crippen LogP contribution in [0.1, 0.15) is 38.2 Å². The number of rotatable bonds is 6. The lowest BCUT2D eigenvalue weighted by Crippen LogP contribution is -2.38. The molecule has 0 unspecified atom stereocenters. The largest absolute Gasteiger partial charge is 0.317 e. The third-order valence-electron chi connectivity index (χ3n) is 5.82. The van der Waals surface area contributed by atoms with Gasteiger partial charge in [0.25, 0.3) is 0 Å². The molecule has 4 nitrogen and oxygen atoms in total. The van der Waals surface area contributed by atoms with E-state index in [1.807, 2.05) is 37.4 Å². The Balaban J connectivity index is 1.67. The van der Waals surface area contributed by atoms with Gasteiger partial charge in [0.2, 0.25) is 5.91 Å². The summed E-state index contributed by atoms with van der Waals surface area (Å²) >= 11 is 0. The van der Waals surface area contributed by atoms with E-state index in [0.29, 0.717) is 24.2 Å². The Hall–Kier alpha value is -2.24. The molecular weight excluding hydrogens is 353 g/mol. The van der Waals surface area contributed by atoms with Crippen molar-refractivity contribution in [1.82, 2.24) is 10.6 Å². The fraction of sp³-hybridized carbons (Fsp3) is 0.435. The summed E-state index contributed by atoms with van der Waals surface area (Å²) in [6.07, 6.45) is 4.57. The van der Waals surface area contributed by atoms with Crippen molar-refractivity contribution in [2.75, 3.05) is 19.0 Å². The van der Waals surface area contributed by atoms with Crippen molar-refractivity contribution in [3.8, 4) is 11.1 Å². The second-order valence-electron chi connectivity index (χ2n) is 7.65. The molecule has 0 atom stereocenters. The lowest BCUT2D eigenvalue weighted by atomic mass is 9.91. The molecule has 1 aliphatic carbocycles. The van der Waals surface area contributed by atoms with E-state index in [2.05, 4.69) is 10.6 Å². The minimum atomic E-state index is -0.173. The Morgan fingerprint density at radius 1 is 1.04 bits per heavy atom. The molecule has 1 saturated carbocycles. The summed E-state index contributed by atoms with van der Waals surface area (Å²) in [7, 11) is 3.77. The number of hydrogen-bond donors (Lipinski definition) is 2. The molecule has 0 spiro atoms. The first-order chi connectivity index (χ1) is 13.5. The standard InChI is InChI=1S/C23H30FN3O/c1-16(28)27(3)22-11-4-17(5-12-22)18-6-13-23(24)19(14-18)15-26-21-9-7-20(25-2)8-10-21/h4-6,11-14,20-21,25-26H,7-10,15H2,1-3H3. The molecule has 3 rings (SSSR count). The second kappa shape index (κ2) is 9.30. The Morgan fingerprint density at radius 2 is 1.64 bits per heavy atom. The van der Waals surface area contributed by atoms with Crippen molar-refractivity contribution in [3.05, 3.63) is 53.8 Å². The van der Waals surface area contributed by atoms with Crippen LogP contribution in [0, 0.1) is 5.82 Å². The van der Waals surface area contributed by atoms with Crippen molar-refractivity contribution in [2.45, 2.75) is 51.2 Å². The molecule has 2 aromatic rings. The van der Waals surface area contributed by atoms with Crippen LogP contribution in [0.15, 0.2) is 42.5 Å². The Labute approximate surface area is 167 Å². The molecule has 2 N–H and O–H groups in total. The van der Waals surface area contributed by atoms with Crippen LogP contribution in [0.4, 0.5) is 10.1 Å². The summed E-state index contributed by atoms with van der Waals surface area (Å²) in [5.41, 5.74) is 3.53. The van der Waals surface area contributed by atoms with Gasteiger partial charge in [-0.2, -0.15) is 0 Å². The first-order valence-corrected chi connectivity index (χ1v) is 10.0. The van der Waals surface area contributed by atoms with Crippen LogP contribution < -0.4 is 15.5 Å². The molecular formula is C23H30FN3O. The van der Waals surface area contributed by atoms with Gasteiger partial charge in [-0.05, 0) is 68.1 Å². The van der Waals surface area contributed by atoms with E-state index in [1.54, 1.807) is 31.0 Å². The summed E-state index contributed by atoms with van der Waals surface area (Å²) < 4.78 is 14.3. The third kappa shape index (κ3) is 4.97. The predicted molar refractivity (Wildman–Crippen MR) is 113 cm³/mol. The van der Waals surface area contributed by atoms with E-state index < -0.39 is 0 Å². The first kappa shape index (κ1) is 20.5. The lowest BCUT2D eigenvalue weighted by Gasteiger charge is -2.29. The molecule has 0 bridgehead atoms. The average molecular weight is 384 g/mol. The normalized spacial score (nSPS) is 19.4. The van der Waals surface area contributed by atoms with Crippen molar-refractivity contribution in [1.29, 1.82) is 0 Å². The average Bonchev–Trinajstić information content (AvgIpc) is 2.73. The highest BCUT2D eigenvalue weighted by Gasteiger charge is 2.19. The summed E-state index contributed by atoms with van der Waals surface area (Å²) in [4.78, 5) is 13.1. The van der Waals surface area contributed by atoms with E-state index in [-0.39, 0.29) is 11.7 Å². The molecule has 5 heteroatoms. The maximum Gasteiger partial charge on any atom is 0.223 e. The van der Waals surface area contributed by atoms with Crippen molar-refractivity contribution in [2.24, 2.45) is 0 Å². The number of halogens is 1. The van der Waals surface area contributed by atoms with Gasteiger partial charge < -0.3 is 15.5 Å². The molecule has 1 amide bonds. The van der Waals surface area contributed by atoms with Gasteiger partial charge in [-0.1, -0.05) is 18.2 Å². The van der Waals surface area contributed by atoms with Gasteiger partial charge in [0.05, 0.1) is 0 Å². The molecule has 0 heterocycles. The first-order valence-electron chi connectivity index (χ1n) is 10.0. The van der Waals surface area contributed by atoms with Crippen LogP contribution in [0.5, 0.6) is 0 Å². The van der Waals surface area contributed by atoms with E-state index in [4.69, 9.17) is 0 Å². The van der Waals surface area contributed by atoms with Crippen LogP contribution >= 0.6 is 0 Å². The van der Waals surface area contributed by atoms with E-state index in [1.165, 1.54) is 0 Å². The zero-order valence-electron chi connectivity index (χ0n) is 17.0. The number of amides is 1. The number of nitrogens with one attached hydrogen (secondary N) is 2. The minimum absolute atomic E-state index is 0.00774. The quantitative estimate of drug-likeness (QED) is 0.790. The SMILES string of the molecule is CNC1CCC(NCc2cc(-c3ccc(N(C)C(C)=O)cc3)ccc2F)CC1. The molecule has 0 aliphatic heterocycles. The molecule has 0 saturated heterocycles. The number of nitrogens with zero attached hydrogens (tertiary/aromatic N) is 1. The molecule has 0 aromatic heterocycles. The molecule has 1 fully saturated rings. The smallest absolute Gasteiger partial charge is 0.223 e. The van der Waals surface area contributed by atoms with Gasteiger partial charge in [-0.25, -0.2) is 4.39 Å². The van der Waals surface area contributed by atoms with Crippen molar-refractivity contribution in [3.63, 3.8) is 0 Å². The third-order valence-corrected chi connectivity index (χ3v) is 5.82. The van der Waals surface area contributed by atoms with Crippen LogP contribution in [0.3, 0.4) is 0 Å². The Bertz CT molecular complexity index is 798. The Kier molecular flexibility index (Phi) is 6.81. The van der Waals surface area contributed by atoms with Gasteiger partial charge in [0.15, 0.2) is 0 Å². The highest BCUT2D eigenvalue weighted by Crippen LogP contribution is 2.25. The maximum atomic E-state index is 14.3. The van der Waals surface area contributed by atoms with Crippen molar-refractivity contribution >= 4 is 11.6 Å². The van der Waals surface area contributed by atoms with Crippen LogP contribution in [0.25, 0.3) is 11.1 Å². The monoisotopic (exact) mass is 383 g/mol. The highest BCUT2D eigenvalue weighted by atomic mass is 19.1. The van der Waals surface area contributed by atoms with E-state index in [9.17, 15) is 9.18 Å². The summed E-state index contributed by atoms with van der Waals surface area (Å²) in [6, 6.07) is 14.1. The van der Waals surface area contributed by atoms with Gasteiger partial charge in [-0.15, -0.1) is 0 Å². The number of hydrogen-bond acceptors (Lipinski definition) is 3. The topological polar surface area (TPSA) is 44.4 Å². The predicted octanol–water partition coefficient (Wildman–Crippen LogP) is 4.10. The zero-order chi connectivity index (χ0) is 20.1. The lowest BCUT2D eigenvalue weighted by molar-refractivity contribution is -0.116. The number of anilines is 1. The van der Waals surface area contributed by atoms with Gasteiger partial charge in [0.1, 0.15) is 5.82 Å². The van der Waals surface area contributed by atoms with Crippen LogP contribution in [-0.4, -0.2) is 32.1 Å². The second-order valence-corrected chi connectivity index (χ2v) is 7.65. The van der Waals surface area contributed by atoms with E-state index in [0.717, 1.165) is 42.5 Å². The molecule has 2 aromatic carbocycles. The van der Waals surface area contributed by atoms with Gasteiger partial charge in [-0.3, -0.25) is 4.79 Å². The Morgan fingerprint density at radius 3 is 2.25 bits per heavy atom. The maximum absolute atomic E-state index is 14.3. The summed E-state index contributed by atoms with van der Waals surface area (Å²) in [5, 5.41) is 6.87. The fourth-order valence-electron chi connectivity index (χ4n) is 3.79. The summed E-state index contributed by atoms with van der Waals surface area (Å²) in [5.74, 6) is -0.181. The highest BCUT2D eigenvalue weighted by molar-refractivity contribution is 5.91. The van der Waals surface area contributed by atoms with E-state index >= 15 is 0 Å². The molecule has 1 aliphatic rings. The molecule has 150 valence electrons. The minimum Gasteiger partial charge on any atom is -0.317 e.